The summed E-state index contributed by atoms with van der Waals surface area (Å²) in [6, 6.07) is 4.39. The lowest BCUT2D eigenvalue weighted by Crippen LogP contribution is -2.02. The van der Waals surface area contributed by atoms with E-state index in [1.165, 1.54) is 21.1 Å². The average Bonchev–Trinajstić information content (AvgIpc) is 2.61. The largest absolute Gasteiger partial charge is 0.330 e. The van der Waals surface area contributed by atoms with Crippen LogP contribution in [0, 0.1) is 3.57 Å². The molecule has 0 amide bonds. The molecular weight excluding hydrogens is 311 g/mol. The molecule has 0 aromatic carbocycles. The normalized spacial score (nSPS) is 11.2. The van der Waals surface area contributed by atoms with Crippen LogP contribution in [0.25, 0.3) is 11.0 Å². The lowest BCUT2D eigenvalue weighted by Gasteiger charge is -2.07. The zero-order valence-corrected chi connectivity index (χ0v) is 12.0. The molecule has 0 aliphatic carbocycles. The summed E-state index contributed by atoms with van der Waals surface area (Å²) in [4.78, 5) is 4.52. The Bertz CT molecular complexity index is 488. The highest BCUT2D eigenvalue weighted by Crippen LogP contribution is 2.24. The predicted molar refractivity (Wildman–Crippen MR) is 76.7 cm³/mol. The van der Waals surface area contributed by atoms with Gasteiger partial charge in [0.05, 0.1) is 0 Å². The smallest absolute Gasteiger partial charge is 0.141 e. The molecule has 0 bridgehead atoms. The number of hydrogen-bond donors (Lipinski definition) is 0. The van der Waals surface area contributed by atoms with E-state index in [1.54, 1.807) is 0 Å². The summed E-state index contributed by atoms with van der Waals surface area (Å²) in [5, 5.41) is 1.31. The number of hydrogen-bond acceptors (Lipinski definition) is 1. The topological polar surface area (TPSA) is 17.8 Å². The lowest BCUT2D eigenvalue weighted by atomic mass is 10.2. The Morgan fingerprint density at radius 2 is 2.12 bits per heavy atom. The van der Waals surface area contributed by atoms with Crippen LogP contribution in [0.2, 0.25) is 0 Å². The Morgan fingerprint density at radius 1 is 1.31 bits per heavy atom. The van der Waals surface area contributed by atoms with Gasteiger partial charge >= 0.3 is 0 Å². The van der Waals surface area contributed by atoms with Gasteiger partial charge in [-0.3, -0.25) is 0 Å². The minimum absolute atomic E-state index is 1.08. The van der Waals surface area contributed by atoms with E-state index >= 15 is 0 Å². The van der Waals surface area contributed by atoms with Crippen molar-refractivity contribution in [3.63, 3.8) is 0 Å². The maximum absolute atomic E-state index is 4.52. The van der Waals surface area contributed by atoms with Gasteiger partial charge in [-0.05, 0) is 47.6 Å². The molecule has 0 aliphatic heterocycles. The standard InChI is InChI=1S/C13H17IN2/c1-3-5-10-9-11-12(14)6-7-15-13(11)16(10)8-4-2/h6-7,9H,3-5,8H2,1-2H3. The molecule has 0 saturated carbocycles. The molecule has 16 heavy (non-hydrogen) atoms. The number of rotatable bonds is 4. The summed E-state index contributed by atoms with van der Waals surface area (Å²) in [5.41, 5.74) is 2.58. The maximum Gasteiger partial charge on any atom is 0.141 e. The monoisotopic (exact) mass is 328 g/mol. The molecule has 2 heterocycles. The van der Waals surface area contributed by atoms with Gasteiger partial charge in [0.25, 0.3) is 0 Å². The summed E-state index contributed by atoms with van der Waals surface area (Å²) in [7, 11) is 0. The fraction of sp³-hybridized carbons (Fsp3) is 0.462. The number of halogens is 1. The van der Waals surface area contributed by atoms with Crippen LogP contribution in [0.4, 0.5) is 0 Å². The van der Waals surface area contributed by atoms with E-state index in [0.29, 0.717) is 0 Å². The average molecular weight is 328 g/mol. The molecule has 2 aromatic rings. The first kappa shape index (κ1) is 11.9. The molecule has 2 nitrogen and oxygen atoms in total. The van der Waals surface area contributed by atoms with Crippen LogP contribution in [0.5, 0.6) is 0 Å². The van der Waals surface area contributed by atoms with Crippen molar-refractivity contribution >= 4 is 33.6 Å². The number of aryl methyl sites for hydroxylation is 2. The molecule has 0 aliphatic rings. The molecule has 2 rings (SSSR count). The van der Waals surface area contributed by atoms with Gasteiger partial charge in [0.2, 0.25) is 0 Å². The minimum atomic E-state index is 1.08. The Balaban J connectivity index is 2.60. The quantitative estimate of drug-likeness (QED) is 0.776. The molecular formula is C13H17IN2. The first-order valence-corrected chi connectivity index (χ1v) is 6.98. The van der Waals surface area contributed by atoms with Crippen molar-refractivity contribution in [1.29, 1.82) is 0 Å². The van der Waals surface area contributed by atoms with Crippen LogP contribution in [0.15, 0.2) is 18.3 Å². The van der Waals surface area contributed by atoms with E-state index in [9.17, 15) is 0 Å². The molecule has 0 unspecified atom stereocenters. The fourth-order valence-electron chi connectivity index (χ4n) is 2.10. The van der Waals surface area contributed by atoms with Crippen LogP contribution < -0.4 is 0 Å². The minimum Gasteiger partial charge on any atom is -0.330 e. The predicted octanol–water partition coefficient (Wildman–Crippen LogP) is 4.00. The molecule has 0 radical (unpaired) electrons. The van der Waals surface area contributed by atoms with E-state index < -0.39 is 0 Å². The van der Waals surface area contributed by atoms with Crippen molar-refractivity contribution in [2.45, 2.75) is 39.7 Å². The molecule has 0 spiro atoms. The summed E-state index contributed by atoms with van der Waals surface area (Å²) in [6.45, 7) is 5.52. The Kier molecular flexibility index (Phi) is 3.84. The van der Waals surface area contributed by atoms with Crippen LogP contribution in [-0.4, -0.2) is 9.55 Å². The summed E-state index contributed by atoms with van der Waals surface area (Å²) >= 11 is 2.39. The van der Waals surface area contributed by atoms with Crippen LogP contribution in [-0.2, 0) is 13.0 Å². The third-order valence-corrected chi connectivity index (χ3v) is 3.72. The lowest BCUT2D eigenvalue weighted by molar-refractivity contribution is 0.655. The third-order valence-electron chi connectivity index (χ3n) is 2.78. The van der Waals surface area contributed by atoms with Gasteiger partial charge in [-0.25, -0.2) is 4.98 Å². The van der Waals surface area contributed by atoms with E-state index in [1.807, 2.05) is 6.20 Å². The first-order chi connectivity index (χ1) is 7.77. The van der Waals surface area contributed by atoms with E-state index in [-0.39, 0.29) is 0 Å². The number of pyridine rings is 1. The SMILES string of the molecule is CCCc1cc2c(I)ccnc2n1CCC. The highest BCUT2D eigenvalue weighted by molar-refractivity contribution is 14.1. The molecule has 86 valence electrons. The number of nitrogens with zero attached hydrogens (tertiary/aromatic N) is 2. The van der Waals surface area contributed by atoms with Crippen molar-refractivity contribution in [2.75, 3.05) is 0 Å². The van der Waals surface area contributed by atoms with Crippen LogP contribution in [0.3, 0.4) is 0 Å². The molecule has 2 aromatic heterocycles. The van der Waals surface area contributed by atoms with Gasteiger partial charge in [-0.2, -0.15) is 0 Å². The van der Waals surface area contributed by atoms with E-state index in [2.05, 4.69) is 58.1 Å². The second kappa shape index (κ2) is 5.17. The van der Waals surface area contributed by atoms with E-state index in [0.717, 1.165) is 25.0 Å². The highest BCUT2D eigenvalue weighted by Gasteiger charge is 2.10. The Labute approximate surface area is 110 Å². The second-order valence-corrected chi connectivity index (χ2v) is 5.23. The van der Waals surface area contributed by atoms with Crippen LogP contribution in [0.1, 0.15) is 32.4 Å². The van der Waals surface area contributed by atoms with Crippen molar-refractivity contribution in [3.8, 4) is 0 Å². The fourth-order valence-corrected chi connectivity index (χ4v) is 2.66. The molecule has 0 saturated heterocycles. The first-order valence-electron chi connectivity index (χ1n) is 5.90. The van der Waals surface area contributed by atoms with Crippen molar-refractivity contribution < 1.29 is 0 Å². The van der Waals surface area contributed by atoms with Gasteiger partial charge in [0.15, 0.2) is 0 Å². The molecule has 3 heteroatoms. The molecule has 0 N–H and O–H groups in total. The van der Waals surface area contributed by atoms with Crippen LogP contribution >= 0.6 is 22.6 Å². The van der Waals surface area contributed by atoms with Crippen molar-refractivity contribution in [2.24, 2.45) is 0 Å². The number of fused-ring (bicyclic) bond motifs is 1. The highest BCUT2D eigenvalue weighted by atomic mass is 127. The van der Waals surface area contributed by atoms with Gasteiger partial charge in [0, 0.05) is 27.4 Å². The summed E-state index contributed by atoms with van der Waals surface area (Å²) < 4.78 is 3.68. The molecule has 0 fully saturated rings. The zero-order valence-electron chi connectivity index (χ0n) is 9.83. The Morgan fingerprint density at radius 3 is 2.81 bits per heavy atom. The summed E-state index contributed by atoms with van der Waals surface area (Å²) in [5.74, 6) is 0. The van der Waals surface area contributed by atoms with E-state index in [4.69, 9.17) is 0 Å². The third kappa shape index (κ3) is 2.10. The van der Waals surface area contributed by atoms with Gasteiger partial charge in [0.1, 0.15) is 5.65 Å². The molecule has 0 atom stereocenters. The van der Waals surface area contributed by atoms with Gasteiger partial charge in [-0.1, -0.05) is 20.3 Å². The Hall–Kier alpha value is -0.580. The zero-order chi connectivity index (χ0) is 11.5. The van der Waals surface area contributed by atoms with Crippen molar-refractivity contribution in [1.82, 2.24) is 9.55 Å². The second-order valence-electron chi connectivity index (χ2n) is 4.07. The van der Waals surface area contributed by atoms with Gasteiger partial charge < -0.3 is 4.57 Å². The maximum atomic E-state index is 4.52. The van der Waals surface area contributed by atoms with Crippen molar-refractivity contribution in [3.05, 3.63) is 27.6 Å². The number of aromatic nitrogens is 2. The van der Waals surface area contributed by atoms with Gasteiger partial charge in [-0.15, -0.1) is 0 Å². The summed E-state index contributed by atoms with van der Waals surface area (Å²) in [6.07, 6.45) is 5.41.